The van der Waals surface area contributed by atoms with E-state index in [4.69, 9.17) is 4.74 Å². The van der Waals surface area contributed by atoms with Crippen LogP contribution in [0.3, 0.4) is 0 Å². The molecule has 2 heterocycles. The average molecular weight is 462 g/mol. The number of amides is 1. The lowest BCUT2D eigenvalue weighted by Gasteiger charge is -2.18. The molecule has 1 aliphatic heterocycles. The number of nitrogens with one attached hydrogen (secondary N) is 1. The normalized spacial score (nSPS) is 14.5. The Hall–Kier alpha value is -2.82. The minimum Gasteiger partial charge on any atom is -0.495 e. The second-order valence-corrected chi connectivity index (χ2v) is 9.74. The number of anilines is 1. The summed E-state index contributed by atoms with van der Waals surface area (Å²) in [4.78, 5) is 17.0. The highest BCUT2D eigenvalue weighted by Crippen LogP contribution is 2.31. The molecule has 162 valence electrons. The molecular formula is C21H20FN3O4S2. The number of aromatic nitrogens is 1. The molecule has 0 spiro atoms. The van der Waals surface area contributed by atoms with Crippen LogP contribution < -0.4 is 10.1 Å². The van der Waals surface area contributed by atoms with Gasteiger partial charge in [0.2, 0.25) is 10.0 Å². The molecule has 0 atom stereocenters. The zero-order valence-corrected chi connectivity index (χ0v) is 18.3. The number of ether oxygens (including phenoxy) is 1. The summed E-state index contributed by atoms with van der Waals surface area (Å²) >= 11 is 1.19. The molecule has 2 aromatic carbocycles. The van der Waals surface area contributed by atoms with Crippen LogP contribution in [-0.2, 0) is 10.0 Å². The third-order valence-corrected chi connectivity index (χ3v) is 7.63. The van der Waals surface area contributed by atoms with Crippen LogP contribution in [-0.4, -0.2) is 43.8 Å². The Bertz CT molecular complexity index is 1220. The van der Waals surface area contributed by atoms with Crippen LogP contribution in [0, 0.1) is 5.82 Å². The Morgan fingerprint density at radius 3 is 2.68 bits per heavy atom. The fraction of sp³-hybridized carbons (Fsp3) is 0.238. The lowest BCUT2D eigenvalue weighted by Crippen LogP contribution is -2.28. The van der Waals surface area contributed by atoms with Crippen molar-refractivity contribution in [3.63, 3.8) is 0 Å². The first-order chi connectivity index (χ1) is 14.9. The maximum Gasteiger partial charge on any atom is 0.257 e. The van der Waals surface area contributed by atoms with E-state index in [0.717, 1.165) is 12.8 Å². The molecule has 0 bridgehead atoms. The van der Waals surface area contributed by atoms with Gasteiger partial charge < -0.3 is 4.74 Å². The van der Waals surface area contributed by atoms with Gasteiger partial charge in [0, 0.05) is 29.6 Å². The summed E-state index contributed by atoms with van der Waals surface area (Å²) in [6.45, 7) is 0.897. The number of thiazole rings is 1. The summed E-state index contributed by atoms with van der Waals surface area (Å²) in [6, 6.07) is 10.3. The average Bonchev–Trinajstić information content (AvgIpc) is 3.46. The number of hydrogen-bond acceptors (Lipinski definition) is 6. The molecule has 0 aliphatic carbocycles. The van der Waals surface area contributed by atoms with Crippen molar-refractivity contribution in [3.05, 3.63) is 59.2 Å². The van der Waals surface area contributed by atoms with E-state index >= 15 is 0 Å². The fourth-order valence-corrected chi connectivity index (χ4v) is 5.78. The number of carbonyl (C=O) groups excluding carboxylic acids is 1. The first-order valence-electron chi connectivity index (χ1n) is 9.59. The standard InChI is InChI=1S/C21H20FN3O4S2/c1-29-18-8-7-15(12-19(18)31(27,28)25-9-2-3-10-25)20(26)24-21-23-17(13-30-21)14-5-4-6-16(22)11-14/h4-8,11-13H,2-3,9-10H2,1H3,(H,23,24,26). The molecule has 10 heteroatoms. The van der Waals surface area contributed by atoms with Gasteiger partial charge in [-0.3, -0.25) is 10.1 Å². The molecule has 4 rings (SSSR count). The first-order valence-corrected chi connectivity index (χ1v) is 11.9. The Labute approximate surface area is 183 Å². The van der Waals surface area contributed by atoms with Crippen molar-refractivity contribution >= 4 is 32.4 Å². The Morgan fingerprint density at radius 1 is 1.19 bits per heavy atom. The molecule has 1 aliphatic rings. The van der Waals surface area contributed by atoms with Crippen LogP contribution in [0.5, 0.6) is 5.75 Å². The number of halogens is 1. The number of methoxy groups -OCH3 is 1. The van der Waals surface area contributed by atoms with Crippen LogP contribution >= 0.6 is 11.3 Å². The van der Waals surface area contributed by atoms with Gasteiger partial charge in [0.05, 0.1) is 12.8 Å². The van der Waals surface area contributed by atoms with E-state index in [1.807, 2.05) is 0 Å². The van der Waals surface area contributed by atoms with E-state index in [1.165, 1.54) is 53.1 Å². The molecule has 1 N–H and O–H groups in total. The highest BCUT2D eigenvalue weighted by molar-refractivity contribution is 7.89. The number of carbonyl (C=O) groups is 1. The van der Waals surface area contributed by atoms with Gasteiger partial charge in [-0.15, -0.1) is 11.3 Å². The summed E-state index contributed by atoms with van der Waals surface area (Å²) in [5.74, 6) is -0.687. The molecular weight excluding hydrogens is 441 g/mol. The summed E-state index contributed by atoms with van der Waals surface area (Å²) in [6.07, 6.45) is 1.61. The predicted octanol–water partition coefficient (Wildman–Crippen LogP) is 3.99. The van der Waals surface area contributed by atoms with Crippen molar-refractivity contribution < 1.29 is 22.3 Å². The van der Waals surface area contributed by atoms with Crippen molar-refractivity contribution in [1.82, 2.24) is 9.29 Å². The molecule has 1 saturated heterocycles. The van der Waals surface area contributed by atoms with Crippen LogP contribution in [0.25, 0.3) is 11.3 Å². The van der Waals surface area contributed by atoms with Gasteiger partial charge in [0.1, 0.15) is 16.5 Å². The van der Waals surface area contributed by atoms with Gasteiger partial charge in [0.15, 0.2) is 5.13 Å². The van der Waals surface area contributed by atoms with E-state index in [0.29, 0.717) is 29.5 Å². The van der Waals surface area contributed by atoms with Crippen LogP contribution in [0.2, 0.25) is 0 Å². The van der Waals surface area contributed by atoms with Gasteiger partial charge in [-0.05, 0) is 43.2 Å². The number of nitrogens with zero attached hydrogens (tertiary/aromatic N) is 2. The summed E-state index contributed by atoms with van der Waals surface area (Å²) < 4.78 is 46.1. The highest BCUT2D eigenvalue weighted by Gasteiger charge is 2.30. The van der Waals surface area contributed by atoms with Gasteiger partial charge in [-0.25, -0.2) is 17.8 Å². The SMILES string of the molecule is COc1ccc(C(=O)Nc2nc(-c3cccc(F)c3)cs2)cc1S(=O)(=O)N1CCCC1. The maximum atomic E-state index is 13.4. The maximum absolute atomic E-state index is 13.4. The highest BCUT2D eigenvalue weighted by atomic mass is 32.2. The van der Waals surface area contributed by atoms with E-state index in [1.54, 1.807) is 17.5 Å². The monoisotopic (exact) mass is 461 g/mol. The quantitative estimate of drug-likeness (QED) is 0.600. The van der Waals surface area contributed by atoms with E-state index < -0.39 is 15.9 Å². The predicted molar refractivity (Wildman–Crippen MR) is 116 cm³/mol. The Kier molecular flexibility index (Phi) is 6.03. The molecule has 1 fully saturated rings. The zero-order valence-electron chi connectivity index (χ0n) is 16.7. The molecule has 3 aromatic rings. The number of hydrogen-bond donors (Lipinski definition) is 1. The molecule has 0 saturated carbocycles. The molecule has 0 radical (unpaired) electrons. The number of benzene rings is 2. The lowest BCUT2D eigenvalue weighted by molar-refractivity contribution is 0.102. The fourth-order valence-electron chi connectivity index (χ4n) is 3.37. The third kappa shape index (κ3) is 4.46. The molecule has 0 unspecified atom stereocenters. The Morgan fingerprint density at radius 2 is 1.97 bits per heavy atom. The first kappa shape index (κ1) is 21.4. The van der Waals surface area contributed by atoms with E-state index in [-0.39, 0.29) is 22.0 Å². The van der Waals surface area contributed by atoms with E-state index in [9.17, 15) is 17.6 Å². The van der Waals surface area contributed by atoms with Gasteiger partial charge in [-0.1, -0.05) is 12.1 Å². The van der Waals surface area contributed by atoms with Crippen LogP contribution in [0.1, 0.15) is 23.2 Å². The smallest absolute Gasteiger partial charge is 0.257 e. The van der Waals surface area contributed by atoms with Gasteiger partial charge >= 0.3 is 0 Å². The summed E-state index contributed by atoms with van der Waals surface area (Å²) in [5, 5.41) is 4.71. The second-order valence-electron chi connectivity index (χ2n) is 6.98. The van der Waals surface area contributed by atoms with Gasteiger partial charge in [0.25, 0.3) is 5.91 Å². The van der Waals surface area contributed by atoms with Crippen molar-refractivity contribution in [2.45, 2.75) is 17.7 Å². The molecule has 1 amide bonds. The van der Waals surface area contributed by atoms with Crippen molar-refractivity contribution in [2.24, 2.45) is 0 Å². The van der Waals surface area contributed by atoms with E-state index in [2.05, 4.69) is 10.3 Å². The minimum absolute atomic E-state index is 0.0378. The molecule has 31 heavy (non-hydrogen) atoms. The third-order valence-electron chi connectivity index (χ3n) is 4.95. The van der Waals surface area contributed by atoms with Crippen molar-refractivity contribution in [2.75, 3.05) is 25.5 Å². The van der Waals surface area contributed by atoms with Crippen LogP contribution in [0.4, 0.5) is 9.52 Å². The van der Waals surface area contributed by atoms with Crippen molar-refractivity contribution in [3.8, 4) is 17.0 Å². The minimum atomic E-state index is -3.77. The lowest BCUT2D eigenvalue weighted by atomic mass is 10.2. The zero-order chi connectivity index (χ0) is 22.0. The molecule has 7 nitrogen and oxygen atoms in total. The second kappa shape index (κ2) is 8.74. The van der Waals surface area contributed by atoms with Crippen LogP contribution in [0.15, 0.2) is 52.7 Å². The summed E-state index contributed by atoms with van der Waals surface area (Å²) in [7, 11) is -2.38. The summed E-state index contributed by atoms with van der Waals surface area (Å²) in [5.41, 5.74) is 1.30. The largest absolute Gasteiger partial charge is 0.495 e. The van der Waals surface area contributed by atoms with Gasteiger partial charge in [-0.2, -0.15) is 4.31 Å². The van der Waals surface area contributed by atoms with Crippen molar-refractivity contribution in [1.29, 1.82) is 0 Å². The topological polar surface area (TPSA) is 88.6 Å². The Balaban J connectivity index is 1.58. The molecule has 1 aromatic heterocycles. The number of sulfonamides is 1. The number of rotatable bonds is 6.